The molecule has 136 valence electrons. The zero-order valence-corrected chi connectivity index (χ0v) is 16.8. The second-order valence-corrected chi connectivity index (χ2v) is 8.44. The maximum absolute atomic E-state index is 6.34. The molecule has 2 atom stereocenters. The number of piperazine rings is 1. The first-order chi connectivity index (χ1) is 12.5. The van der Waals surface area contributed by atoms with Crippen LogP contribution in [-0.4, -0.2) is 39.5 Å². The Bertz CT molecular complexity index is 934. The summed E-state index contributed by atoms with van der Waals surface area (Å²) in [5.74, 6) is 0.916. The van der Waals surface area contributed by atoms with E-state index in [1.165, 1.54) is 11.8 Å². The number of nitrogens with zero attached hydrogens (tertiary/aromatic N) is 4. The van der Waals surface area contributed by atoms with Crippen LogP contribution in [0.3, 0.4) is 0 Å². The Balaban J connectivity index is 1.71. The summed E-state index contributed by atoms with van der Waals surface area (Å²) in [4.78, 5) is 13.4. The van der Waals surface area contributed by atoms with Crippen molar-refractivity contribution in [1.82, 2.24) is 19.7 Å². The van der Waals surface area contributed by atoms with Crippen LogP contribution in [0.4, 0.5) is 5.95 Å². The summed E-state index contributed by atoms with van der Waals surface area (Å²) in [7, 11) is 0. The summed E-state index contributed by atoms with van der Waals surface area (Å²) < 4.78 is 2.05. The van der Waals surface area contributed by atoms with Crippen molar-refractivity contribution in [3.8, 4) is 0 Å². The van der Waals surface area contributed by atoms with E-state index in [0.29, 0.717) is 22.1 Å². The van der Waals surface area contributed by atoms with Crippen LogP contribution in [0.25, 0.3) is 5.65 Å². The fourth-order valence-corrected chi connectivity index (χ4v) is 4.76. The maximum atomic E-state index is 6.34. The van der Waals surface area contributed by atoms with Crippen molar-refractivity contribution in [3.63, 3.8) is 0 Å². The summed E-state index contributed by atoms with van der Waals surface area (Å²) in [6.45, 7) is 6.22. The molecule has 4 rings (SSSR count). The topological polar surface area (TPSA) is 45.5 Å². The largest absolute Gasteiger partial charge is 0.339 e. The normalized spacial score (nSPS) is 20.7. The highest BCUT2D eigenvalue weighted by Gasteiger charge is 2.24. The predicted octanol–water partition coefficient (Wildman–Crippen LogP) is 4.37. The van der Waals surface area contributed by atoms with E-state index in [1.807, 2.05) is 28.9 Å². The van der Waals surface area contributed by atoms with E-state index in [9.17, 15) is 0 Å². The van der Waals surface area contributed by atoms with Crippen molar-refractivity contribution in [2.45, 2.75) is 35.7 Å². The van der Waals surface area contributed by atoms with E-state index in [2.05, 4.69) is 29.0 Å². The van der Waals surface area contributed by atoms with E-state index in [4.69, 9.17) is 28.2 Å². The zero-order chi connectivity index (χ0) is 18.3. The van der Waals surface area contributed by atoms with Crippen LogP contribution < -0.4 is 10.2 Å². The third kappa shape index (κ3) is 3.39. The number of hydrogen-bond acceptors (Lipinski definition) is 5. The number of nitrogens with one attached hydrogen (secondary N) is 1. The number of imidazole rings is 1. The van der Waals surface area contributed by atoms with Gasteiger partial charge in [0.25, 0.3) is 0 Å². The van der Waals surface area contributed by atoms with Crippen LogP contribution >= 0.6 is 35.0 Å². The van der Waals surface area contributed by atoms with Gasteiger partial charge in [-0.15, -0.1) is 0 Å². The van der Waals surface area contributed by atoms with E-state index in [1.54, 1.807) is 12.3 Å². The minimum absolute atomic E-state index is 0.415. The number of halogens is 2. The Labute approximate surface area is 166 Å². The summed E-state index contributed by atoms with van der Waals surface area (Å²) in [5.41, 5.74) is 0.870. The highest BCUT2D eigenvalue weighted by molar-refractivity contribution is 7.99. The van der Waals surface area contributed by atoms with Gasteiger partial charge < -0.3 is 10.2 Å². The number of aromatic nitrogens is 3. The quantitative estimate of drug-likeness (QED) is 0.697. The molecule has 0 spiro atoms. The first-order valence-corrected chi connectivity index (χ1v) is 10.0. The van der Waals surface area contributed by atoms with Gasteiger partial charge in [-0.2, -0.15) is 0 Å². The lowest BCUT2D eigenvalue weighted by Crippen LogP contribution is -2.55. The van der Waals surface area contributed by atoms with Gasteiger partial charge >= 0.3 is 0 Å². The van der Waals surface area contributed by atoms with Gasteiger partial charge in [-0.1, -0.05) is 41.0 Å². The Kier molecular flexibility index (Phi) is 5.01. The first kappa shape index (κ1) is 17.9. The molecular weight excluding hydrogens is 389 g/mol. The molecule has 26 heavy (non-hydrogen) atoms. The smallest absolute Gasteiger partial charge is 0.211 e. The molecule has 0 amide bonds. The van der Waals surface area contributed by atoms with Gasteiger partial charge in [0.05, 0.1) is 14.9 Å². The van der Waals surface area contributed by atoms with Gasteiger partial charge in [-0.25, -0.2) is 9.97 Å². The molecule has 1 saturated heterocycles. The minimum atomic E-state index is 0.415. The third-order valence-electron chi connectivity index (χ3n) is 4.35. The molecular formula is C18H19Cl2N5S. The molecule has 1 aromatic carbocycles. The van der Waals surface area contributed by atoms with Crippen LogP contribution in [-0.2, 0) is 0 Å². The lowest BCUT2D eigenvalue weighted by atomic mass is 10.1. The standard InChI is InChI=1S/C18H19Cl2N5S/c1-11-9-24(10-12(2)23-11)18-22-8-15(17-21-6-7-25(17)18)26-14-5-3-4-13(19)16(14)20/h3-8,11-12,23H,9-10H2,1-2H3. The highest BCUT2D eigenvalue weighted by atomic mass is 35.5. The van der Waals surface area contributed by atoms with Gasteiger partial charge in [0.15, 0.2) is 5.65 Å². The monoisotopic (exact) mass is 407 g/mol. The van der Waals surface area contributed by atoms with Crippen LogP contribution in [0, 0.1) is 0 Å². The molecule has 0 radical (unpaired) electrons. The number of hydrogen-bond donors (Lipinski definition) is 1. The molecule has 3 aromatic rings. The molecule has 0 aliphatic carbocycles. The summed E-state index contributed by atoms with van der Waals surface area (Å²) in [6.07, 6.45) is 5.63. The summed E-state index contributed by atoms with van der Waals surface area (Å²) in [5, 5.41) is 4.65. The molecule has 5 nitrogen and oxygen atoms in total. The Morgan fingerprint density at radius 2 is 1.88 bits per heavy atom. The maximum Gasteiger partial charge on any atom is 0.211 e. The molecule has 1 aliphatic rings. The molecule has 3 heterocycles. The summed E-state index contributed by atoms with van der Waals surface area (Å²) >= 11 is 14.0. The van der Waals surface area contributed by atoms with E-state index >= 15 is 0 Å². The first-order valence-electron chi connectivity index (χ1n) is 8.48. The zero-order valence-electron chi connectivity index (χ0n) is 14.5. The molecule has 0 bridgehead atoms. The van der Waals surface area contributed by atoms with E-state index in [-0.39, 0.29) is 0 Å². The van der Waals surface area contributed by atoms with Crippen molar-refractivity contribution in [1.29, 1.82) is 0 Å². The van der Waals surface area contributed by atoms with Gasteiger partial charge in [0, 0.05) is 48.7 Å². The predicted molar refractivity (Wildman–Crippen MR) is 108 cm³/mol. The molecule has 1 fully saturated rings. The number of rotatable bonds is 3. The number of anilines is 1. The highest BCUT2D eigenvalue weighted by Crippen LogP contribution is 2.38. The molecule has 2 unspecified atom stereocenters. The van der Waals surface area contributed by atoms with Crippen molar-refractivity contribution in [3.05, 3.63) is 46.8 Å². The lowest BCUT2D eigenvalue weighted by molar-refractivity contribution is 0.402. The fraction of sp³-hybridized carbons (Fsp3) is 0.333. The van der Waals surface area contributed by atoms with E-state index < -0.39 is 0 Å². The average molecular weight is 408 g/mol. The average Bonchev–Trinajstić information content (AvgIpc) is 3.08. The molecule has 0 saturated carbocycles. The molecule has 1 N–H and O–H groups in total. The number of benzene rings is 1. The SMILES string of the molecule is CC1CN(c2ncc(Sc3cccc(Cl)c3Cl)c3nccn23)CC(C)N1. The van der Waals surface area contributed by atoms with Crippen molar-refractivity contribution < 1.29 is 0 Å². The van der Waals surface area contributed by atoms with Crippen molar-refractivity contribution >= 4 is 46.6 Å². The van der Waals surface area contributed by atoms with Crippen molar-refractivity contribution in [2.75, 3.05) is 18.0 Å². The molecule has 1 aliphatic heterocycles. The second kappa shape index (κ2) is 7.27. The Hall–Kier alpha value is -1.47. The van der Waals surface area contributed by atoms with Crippen LogP contribution in [0.2, 0.25) is 10.0 Å². The molecule has 8 heteroatoms. The van der Waals surface area contributed by atoms with Gasteiger partial charge in [0.1, 0.15) is 0 Å². The Morgan fingerprint density at radius 3 is 2.65 bits per heavy atom. The van der Waals surface area contributed by atoms with Crippen LogP contribution in [0.15, 0.2) is 46.6 Å². The lowest BCUT2D eigenvalue weighted by Gasteiger charge is -2.36. The third-order valence-corrected chi connectivity index (χ3v) is 6.35. The minimum Gasteiger partial charge on any atom is -0.339 e. The van der Waals surface area contributed by atoms with Crippen molar-refractivity contribution in [2.24, 2.45) is 0 Å². The molecule has 2 aromatic heterocycles. The van der Waals surface area contributed by atoms with E-state index in [0.717, 1.165) is 34.5 Å². The number of fused-ring (bicyclic) bond motifs is 1. The fourth-order valence-electron chi connectivity index (χ4n) is 3.36. The van der Waals surface area contributed by atoms with Gasteiger partial charge in [-0.3, -0.25) is 4.40 Å². The van der Waals surface area contributed by atoms with Gasteiger partial charge in [0.2, 0.25) is 5.95 Å². The Morgan fingerprint density at radius 1 is 1.12 bits per heavy atom. The second-order valence-electron chi connectivity index (χ2n) is 6.57. The van der Waals surface area contributed by atoms with Gasteiger partial charge in [-0.05, 0) is 26.0 Å². The summed E-state index contributed by atoms with van der Waals surface area (Å²) in [6, 6.07) is 6.46. The van der Waals surface area contributed by atoms with Crippen LogP contribution in [0.1, 0.15) is 13.8 Å². The van der Waals surface area contributed by atoms with Crippen LogP contribution in [0.5, 0.6) is 0 Å².